The molecule has 0 aliphatic rings. The van der Waals surface area contributed by atoms with Gasteiger partial charge in [-0.25, -0.2) is 9.37 Å². The molecular formula is C12H9BrClFN2. The van der Waals surface area contributed by atoms with E-state index in [0.29, 0.717) is 16.5 Å². The highest BCUT2D eigenvalue weighted by Gasteiger charge is 2.06. The van der Waals surface area contributed by atoms with Gasteiger partial charge in [0.2, 0.25) is 0 Å². The highest BCUT2D eigenvalue weighted by Crippen LogP contribution is 2.27. The molecule has 0 fully saturated rings. The van der Waals surface area contributed by atoms with E-state index in [0.717, 1.165) is 10.0 Å². The Kier molecular flexibility index (Phi) is 3.64. The highest BCUT2D eigenvalue weighted by atomic mass is 79.9. The molecule has 1 N–H and O–H groups in total. The predicted octanol–water partition coefficient (Wildman–Crippen LogP) is 4.69. The smallest absolute Gasteiger partial charge is 0.149 e. The SMILES string of the molecule is Cc1ccc(F)cc1Nc1ncc(Br)cc1Cl. The largest absolute Gasteiger partial charge is 0.339 e. The van der Waals surface area contributed by atoms with Crippen LogP contribution in [0.25, 0.3) is 0 Å². The molecule has 1 heterocycles. The molecule has 0 radical (unpaired) electrons. The lowest BCUT2D eigenvalue weighted by molar-refractivity contribution is 0.628. The van der Waals surface area contributed by atoms with Crippen molar-refractivity contribution in [2.45, 2.75) is 6.92 Å². The molecule has 0 unspecified atom stereocenters. The van der Waals surface area contributed by atoms with Crippen LogP contribution in [0.15, 0.2) is 34.9 Å². The van der Waals surface area contributed by atoms with Crippen molar-refractivity contribution in [3.63, 3.8) is 0 Å². The van der Waals surface area contributed by atoms with E-state index in [-0.39, 0.29) is 5.82 Å². The lowest BCUT2D eigenvalue weighted by Gasteiger charge is -2.10. The molecule has 17 heavy (non-hydrogen) atoms. The fourth-order valence-corrected chi connectivity index (χ4v) is 2.04. The molecule has 2 aromatic rings. The lowest BCUT2D eigenvalue weighted by Crippen LogP contribution is -1.97. The number of pyridine rings is 1. The van der Waals surface area contributed by atoms with Crippen LogP contribution in [-0.4, -0.2) is 4.98 Å². The summed E-state index contributed by atoms with van der Waals surface area (Å²) in [4.78, 5) is 4.13. The Morgan fingerprint density at radius 2 is 2.12 bits per heavy atom. The predicted molar refractivity (Wildman–Crippen MR) is 71.4 cm³/mol. The standard InChI is InChI=1S/C12H9BrClFN2/c1-7-2-3-9(15)5-11(7)17-12-10(14)4-8(13)6-16-12/h2-6H,1H3,(H,16,17). The van der Waals surface area contributed by atoms with Crippen LogP contribution in [0.2, 0.25) is 5.02 Å². The number of benzene rings is 1. The maximum absolute atomic E-state index is 13.1. The van der Waals surface area contributed by atoms with Crippen LogP contribution >= 0.6 is 27.5 Å². The summed E-state index contributed by atoms with van der Waals surface area (Å²) in [5.74, 6) is 0.204. The van der Waals surface area contributed by atoms with Gasteiger partial charge in [0.15, 0.2) is 0 Å². The van der Waals surface area contributed by atoms with E-state index < -0.39 is 0 Å². The molecule has 1 aromatic carbocycles. The number of rotatable bonds is 2. The van der Waals surface area contributed by atoms with Crippen LogP contribution in [0.4, 0.5) is 15.9 Å². The first kappa shape index (κ1) is 12.3. The third-order valence-corrected chi connectivity index (χ3v) is 2.98. The Balaban J connectivity index is 2.34. The van der Waals surface area contributed by atoms with Crippen LogP contribution in [-0.2, 0) is 0 Å². The summed E-state index contributed by atoms with van der Waals surface area (Å²) in [6, 6.07) is 6.25. The maximum Gasteiger partial charge on any atom is 0.149 e. The fourth-order valence-electron chi connectivity index (χ4n) is 1.36. The van der Waals surface area contributed by atoms with Crippen molar-refractivity contribution in [3.8, 4) is 0 Å². The van der Waals surface area contributed by atoms with Crippen LogP contribution in [0, 0.1) is 12.7 Å². The highest BCUT2D eigenvalue weighted by molar-refractivity contribution is 9.10. The van der Waals surface area contributed by atoms with E-state index in [1.54, 1.807) is 18.3 Å². The van der Waals surface area contributed by atoms with Gasteiger partial charge < -0.3 is 5.32 Å². The second-order valence-electron chi connectivity index (χ2n) is 3.57. The number of aryl methyl sites for hydroxylation is 1. The topological polar surface area (TPSA) is 24.9 Å². The molecule has 0 bridgehead atoms. The fraction of sp³-hybridized carbons (Fsp3) is 0.0833. The summed E-state index contributed by atoms with van der Waals surface area (Å²) in [6.07, 6.45) is 1.63. The van der Waals surface area contributed by atoms with Gasteiger partial charge in [-0.2, -0.15) is 0 Å². The number of hydrogen-bond acceptors (Lipinski definition) is 2. The van der Waals surface area contributed by atoms with Crippen LogP contribution in [0.1, 0.15) is 5.56 Å². The van der Waals surface area contributed by atoms with Crippen molar-refractivity contribution in [2.24, 2.45) is 0 Å². The first-order valence-corrected chi connectivity index (χ1v) is 6.07. The average molecular weight is 316 g/mol. The van der Waals surface area contributed by atoms with Crippen LogP contribution in [0.3, 0.4) is 0 Å². The molecule has 0 aliphatic heterocycles. The minimum atomic E-state index is -0.300. The minimum Gasteiger partial charge on any atom is -0.339 e. The van der Waals surface area contributed by atoms with Gasteiger partial charge in [-0.15, -0.1) is 0 Å². The van der Waals surface area contributed by atoms with E-state index in [9.17, 15) is 4.39 Å². The van der Waals surface area contributed by atoms with Crippen molar-refractivity contribution >= 4 is 39.0 Å². The molecule has 2 nitrogen and oxygen atoms in total. The van der Waals surface area contributed by atoms with Gasteiger partial charge in [-0.3, -0.25) is 0 Å². The number of anilines is 2. The van der Waals surface area contributed by atoms with E-state index in [1.807, 2.05) is 6.92 Å². The van der Waals surface area contributed by atoms with Gasteiger partial charge in [0.25, 0.3) is 0 Å². The molecule has 1 aromatic heterocycles. The molecular weight excluding hydrogens is 307 g/mol. The summed E-state index contributed by atoms with van der Waals surface area (Å²) in [6.45, 7) is 1.88. The molecule has 0 spiro atoms. The van der Waals surface area contributed by atoms with E-state index in [2.05, 4.69) is 26.2 Å². The van der Waals surface area contributed by atoms with Gasteiger partial charge >= 0.3 is 0 Å². The third kappa shape index (κ3) is 2.96. The molecule has 0 saturated carbocycles. The molecule has 0 aliphatic carbocycles. The molecule has 2 rings (SSSR count). The number of aromatic nitrogens is 1. The van der Waals surface area contributed by atoms with Gasteiger partial charge in [-0.05, 0) is 46.6 Å². The van der Waals surface area contributed by atoms with Gasteiger partial charge in [0.1, 0.15) is 11.6 Å². The van der Waals surface area contributed by atoms with Crippen molar-refractivity contribution in [3.05, 3.63) is 51.3 Å². The molecule has 0 amide bonds. The Morgan fingerprint density at radius 1 is 1.35 bits per heavy atom. The molecule has 0 saturated heterocycles. The summed E-state index contributed by atoms with van der Waals surface area (Å²) < 4.78 is 13.9. The summed E-state index contributed by atoms with van der Waals surface area (Å²) in [5.41, 5.74) is 1.58. The second-order valence-corrected chi connectivity index (χ2v) is 4.89. The van der Waals surface area contributed by atoms with Gasteiger partial charge in [-0.1, -0.05) is 17.7 Å². The van der Waals surface area contributed by atoms with Crippen molar-refractivity contribution in [2.75, 3.05) is 5.32 Å². The Hall–Kier alpha value is -1.13. The molecule has 5 heteroatoms. The van der Waals surface area contributed by atoms with Gasteiger partial charge in [0, 0.05) is 16.4 Å². The Bertz CT molecular complexity index is 560. The Morgan fingerprint density at radius 3 is 2.82 bits per heavy atom. The molecule has 88 valence electrons. The van der Waals surface area contributed by atoms with E-state index in [1.165, 1.54) is 12.1 Å². The van der Waals surface area contributed by atoms with E-state index >= 15 is 0 Å². The first-order valence-electron chi connectivity index (χ1n) is 4.90. The maximum atomic E-state index is 13.1. The normalized spacial score (nSPS) is 10.4. The summed E-state index contributed by atoms with van der Waals surface area (Å²) in [7, 11) is 0. The van der Waals surface area contributed by atoms with Gasteiger partial charge in [0.05, 0.1) is 5.02 Å². The zero-order valence-electron chi connectivity index (χ0n) is 8.97. The monoisotopic (exact) mass is 314 g/mol. The lowest BCUT2D eigenvalue weighted by atomic mass is 10.2. The van der Waals surface area contributed by atoms with E-state index in [4.69, 9.17) is 11.6 Å². The quantitative estimate of drug-likeness (QED) is 0.869. The number of nitrogens with one attached hydrogen (secondary N) is 1. The van der Waals surface area contributed by atoms with Crippen molar-refractivity contribution in [1.82, 2.24) is 4.98 Å². The third-order valence-electron chi connectivity index (χ3n) is 2.26. The number of halogens is 3. The number of nitrogens with zero attached hydrogens (tertiary/aromatic N) is 1. The number of hydrogen-bond donors (Lipinski definition) is 1. The zero-order chi connectivity index (χ0) is 12.4. The summed E-state index contributed by atoms with van der Waals surface area (Å²) in [5, 5.41) is 3.48. The van der Waals surface area contributed by atoms with Crippen LogP contribution in [0.5, 0.6) is 0 Å². The first-order chi connectivity index (χ1) is 8.06. The summed E-state index contributed by atoms with van der Waals surface area (Å²) >= 11 is 9.30. The average Bonchev–Trinajstić information content (AvgIpc) is 2.27. The second kappa shape index (κ2) is 5.02. The minimum absolute atomic E-state index is 0.300. The van der Waals surface area contributed by atoms with Crippen molar-refractivity contribution in [1.29, 1.82) is 0 Å². The Labute approximate surface area is 112 Å². The van der Waals surface area contributed by atoms with Crippen LogP contribution < -0.4 is 5.32 Å². The van der Waals surface area contributed by atoms with Crippen molar-refractivity contribution < 1.29 is 4.39 Å². The molecule has 0 atom stereocenters. The zero-order valence-corrected chi connectivity index (χ0v) is 11.3.